The van der Waals surface area contributed by atoms with Gasteiger partial charge in [-0.05, 0) is 47.0 Å². The number of aromatic nitrogens is 4. The lowest BCUT2D eigenvalue weighted by atomic mass is 10.1. The summed E-state index contributed by atoms with van der Waals surface area (Å²) in [5, 5.41) is 17.3. The Morgan fingerprint density at radius 1 is 0.627 bits per heavy atom. The highest BCUT2D eigenvalue weighted by Gasteiger charge is 2.19. The molecule has 3 aromatic carbocycles. The van der Waals surface area contributed by atoms with Crippen molar-refractivity contribution < 1.29 is 66.4 Å². The van der Waals surface area contributed by atoms with Crippen LogP contribution in [0.25, 0.3) is 28.6 Å². The number of carboxylic acid groups (broad SMARTS) is 1. The first-order valence-electron chi connectivity index (χ1n) is 21.7. The van der Waals surface area contributed by atoms with Crippen LogP contribution in [0.5, 0.6) is 0 Å². The van der Waals surface area contributed by atoms with Gasteiger partial charge in [-0.1, -0.05) is 48.5 Å². The van der Waals surface area contributed by atoms with Gasteiger partial charge in [0.2, 0.25) is 0 Å². The number of aliphatic hydroxyl groups is 1. The number of ether oxygens (including phenoxy) is 9. The summed E-state index contributed by atoms with van der Waals surface area (Å²) in [6.07, 6.45) is 2.45. The molecule has 18 nitrogen and oxygen atoms in total. The molecule has 0 unspecified atom stereocenters. The molecule has 20 heteroatoms. The summed E-state index contributed by atoms with van der Waals surface area (Å²) in [4.78, 5) is 45.2. The Hall–Kier alpha value is -5.52. The molecule has 2 heterocycles. The van der Waals surface area contributed by atoms with E-state index in [-0.39, 0.29) is 30.9 Å². The highest BCUT2D eigenvalue weighted by atomic mass is 19.1. The average molecular weight is 943 g/mol. The number of H-pyrrole nitrogens is 1. The number of carboxylic acids is 1. The maximum Gasteiger partial charge on any atom is 0.333 e. The molecular weight excluding hydrogens is 883 g/mol. The minimum absolute atomic E-state index is 0.0322. The first-order valence-corrected chi connectivity index (χ1v) is 21.7. The van der Waals surface area contributed by atoms with Crippen molar-refractivity contribution in [3.8, 4) is 11.4 Å². The molecule has 67 heavy (non-hydrogen) atoms. The van der Waals surface area contributed by atoms with Crippen molar-refractivity contribution in [3.63, 3.8) is 0 Å². The lowest BCUT2D eigenvalue weighted by molar-refractivity contribution is -0.131. The Morgan fingerprint density at radius 3 is 1.48 bits per heavy atom. The molecule has 0 aliphatic carbocycles. The van der Waals surface area contributed by atoms with Crippen molar-refractivity contribution in [2.45, 2.75) is 13.1 Å². The zero-order valence-corrected chi connectivity index (χ0v) is 37.6. The molecule has 0 amide bonds. The maximum atomic E-state index is 13.9. The van der Waals surface area contributed by atoms with E-state index in [1.54, 1.807) is 43.5 Å². The third-order valence-electron chi connectivity index (χ3n) is 9.19. The van der Waals surface area contributed by atoms with Crippen molar-refractivity contribution in [2.24, 2.45) is 0 Å². The predicted molar refractivity (Wildman–Crippen MR) is 243 cm³/mol. The molecule has 3 N–H and O–H groups in total. The fraction of sp³-hybridized carbons (Fsp3) is 0.447. The predicted octanol–water partition coefficient (Wildman–Crippen LogP) is 3.78. The van der Waals surface area contributed by atoms with Crippen molar-refractivity contribution in [2.75, 3.05) is 126 Å². The van der Waals surface area contributed by atoms with E-state index in [1.807, 2.05) is 0 Å². The van der Waals surface area contributed by atoms with Crippen LogP contribution in [0.2, 0.25) is 0 Å². The van der Waals surface area contributed by atoms with Gasteiger partial charge in [0, 0.05) is 18.7 Å². The molecule has 0 fully saturated rings. The Bertz CT molecular complexity index is 2290. The molecule has 0 bridgehead atoms. The number of benzene rings is 3. The molecule has 2 aromatic heterocycles. The van der Waals surface area contributed by atoms with Crippen molar-refractivity contribution in [1.82, 2.24) is 19.1 Å². The van der Waals surface area contributed by atoms with E-state index in [1.165, 1.54) is 47.0 Å². The number of nitrogens with zero attached hydrogens (tertiary/aromatic N) is 3. The Morgan fingerprint density at radius 2 is 1.06 bits per heavy atom. The van der Waals surface area contributed by atoms with Crippen LogP contribution in [-0.4, -0.2) is 161 Å². The molecule has 366 valence electrons. The number of aliphatic carboxylic acids is 1. The number of hydrogen-bond acceptors (Lipinski definition) is 14. The van der Waals surface area contributed by atoms with Crippen molar-refractivity contribution in [3.05, 3.63) is 128 Å². The van der Waals surface area contributed by atoms with E-state index in [4.69, 9.17) is 52.8 Å². The zero-order valence-electron chi connectivity index (χ0n) is 37.6. The number of nitrogens with one attached hydrogen (secondary N) is 1. The van der Waals surface area contributed by atoms with Crippen LogP contribution in [0.15, 0.2) is 88.5 Å². The quantitative estimate of drug-likeness (QED) is 0.0404. The van der Waals surface area contributed by atoms with Gasteiger partial charge in [-0.25, -0.2) is 23.4 Å². The van der Waals surface area contributed by atoms with Crippen molar-refractivity contribution in [1.29, 1.82) is 0 Å². The second-order valence-corrected chi connectivity index (χ2v) is 14.2. The molecule has 5 aromatic rings. The number of aliphatic hydroxyl groups excluding tert-OH is 1. The third-order valence-corrected chi connectivity index (χ3v) is 9.19. The number of methoxy groups -OCH3 is 1. The van der Waals surface area contributed by atoms with Crippen LogP contribution in [0.1, 0.15) is 16.7 Å². The van der Waals surface area contributed by atoms with Crippen molar-refractivity contribution >= 4 is 23.2 Å². The molecule has 0 aliphatic heterocycles. The number of rotatable bonds is 33. The van der Waals surface area contributed by atoms with Crippen LogP contribution in [-0.2, 0) is 60.5 Å². The molecule has 0 saturated heterocycles. The Labute approximate surface area is 386 Å². The summed E-state index contributed by atoms with van der Waals surface area (Å²) in [5.74, 6) is -1.74. The van der Waals surface area contributed by atoms with Crippen LogP contribution < -0.4 is 11.2 Å². The zero-order chi connectivity index (χ0) is 47.9. The largest absolute Gasteiger partial charge is 0.478 e. The van der Waals surface area contributed by atoms with Gasteiger partial charge < -0.3 is 57.8 Å². The minimum Gasteiger partial charge on any atom is -0.478 e. The summed E-state index contributed by atoms with van der Waals surface area (Å²) in [5.41, 5.74) is 0.982. The van der Waals surface area contributed by atoms with E-state index < -0.39 is 28.9 Å². The van der Waals surface area contributed by atoms with Crippen LogP contribution in [0, 0.1) is 11.6 Å². The molecule has 0 saturated carbocycles. The normalized spacial score (nSPS) is 11.4. The average Bonchev–Trinajstić information content (AvgIpc) is 3.77. The lowest BCUT2D eigenvalue weighted by Crippen LogP contribution is -2.40. The number of aromatic amines is 1. The highest BCUT2D eigenvalue weighted by molar-refractivity contribution is 5.85. The minimum atomic E-state index is -1.07. The van der Waals surface area contributed by atoms with Crippen LogP contribution >= 0.6 is 0 Å². The summed E-state index contributed by atoms with van der Waals surface area (Å²) >= 11 is 0. The first-order chi connectivity index (χ1) is 32.7. The number of carbonyl (C=O) groups is 1. The number of halogens is 2. The van der Waals surface area contributed by atoms with Gasteiger partial charge in [0.15, 0.2) is 5.65 Å². The van der Waals surface area contributed by atoms with E-state index >= 15 is 0 Å². The maximum absolute atomic E-state index is 13.9. The summed E-state index contributed by atoms with van der Waals surface area (Å²) in [6, 6.07) is 18.1. The van der Waals surface area contributed by atoms with Gasteiger partial charge in [-0.2, -0.15) is 0 Å². The molecule has 0 spiro atoms. The van der Waals surface area contributed by atoms with Gasteiger partial charge in [-0.3, -0.25) is 13.9 Å². The smallest absolute Gasteiger partial charge is 0.333 e. The van der Waals surface area contributed by atoms with E-state index in [9.17, 15) is 23.2 Å². The van der Waals surface area contributed by atoms with Gasteiger partial charge in [0.25, 0.3) is 5.56 Å². The molecule has 0 radical (unpaired) electrons. The van der Waals surface area contributed by atoms with E-state index in [2.05, 4.69) is 9.97 Å². The fourth-order valence-electron chi connectivity index (χ4n) is 5.99. The standard InChI is InChI=1S/C28H20F2N4O4.C19H40O10/c29-21-5-1-3-18(13-21)15-33-26-24(27(37)34(28(33)38)16-19-4-2-6-22(30)14-19)31-25(32-26)20-10-7-17(8-11-20)9-12-23(35)36;1-21-4-5-23-8-9-25-12-13-27-16-17-29-19-18-28-15-14-26-11-10-24-7-6-22-3-2-20/h1-14H,15-16H2,(H,31,32)(H,35,36);20H,2-19H2,1H3/b12-9+;. The SMILES string of the molecule is COCCOCCOCCOCCOCCOCCOCCOCCOCCO.O=C(O)/C=C/c1ccc(-c2nc3c([nH]2)c(=O)n(Cc2cccc(F)c2)c(=O)n3Cc2cccc(F)c2)cc1. The van der Waals surface area contributed by atoms with Crippen LogP contribution in [0.4, 0.5) is 8.78 Å². The fourth-order valence-corrected chi connectivity index (χ4v) is 5.99. The Balaban J connectivity index is 0.000000306. The first kappa shape index (κ1) is 54.1. The molecule has 5 rings (SSSR count). The van der Waals surface area contributed by atoms with E-state index in [0.717, 1.165) is 10.6 Å². The third kappa shape index (κ3) is 20.9. The topological polar surface area (TPSA) is 213 Å². The lowest BCUT2D eigenvalue weighted by Gasteiger charge is -2.12. The second-order valence-electron chi connectivity index (χ2n) is 14.2. The Kier molecular flexibility index (Phi) is 26.0. The summed E-state index contributed by atoms with van der Waals surface area (Å²) in [6.45, 7) is 8.67. The number of fused-ring (bicyclic) bond motifs is 1. The summed E-state index contributed by atoms with van der Waals surface area (Å²) in [7, 11) is 1.64. The highest BCUT2D eigenvalue weighted by Crippen LogP contribution is 2.20. The van der Waals surface area contributed by atoms with E-state index in [0.29, 0.717) is 140 Å². The summed E-state index contributed by atoms with van der Waals surface area (Å²) < 4.78 is 77.3. The van der Waals surface area contributed by atoms with Gasteiger partial charge >= 0.3 is 11.7 Å². The monoisotopic (exact) mass is 942 g/mol. The van der Waals surface area contributed by atoms with Gasteiger partial charge in [0.05, 0.1) is 132 Å². The second kappa shape index (κ2) is 32.2. The van der Waals surface area contributed by atoms with Gasteiger partial charge in [0.1, 0.15) is 23.0 Å². The van der Waals surface area contributed by atoms with Crippen LogP contribution in [0.3, 0.4) is 0 Å². The number of hydrogen-bond donors (Lipinski definition) is 3. The molecule has 0 aliphatic rings. The number of imidazole rings is 1. The van der Waals surface area contributed by atoms with Gasteiger partial charge in [-0.15, -0.1) is 0 Å². The molecule has 0 atom stereocenters. The molecular formula is C47H60F2N4O14.